The largest absolute Gasteiger partial charge is 0.464 e. The average molecular weight is 452 g/mol. The van der Waals surface area contributed by atoms with Crippen molar-refractivity contribution in [1.29, 1.82) is 0 Å². The number of cyclic esters (lactones) is 1. The first-order valence-corrected chi connectivity index (χ1v) is 10.6. The molecule has 2 aliphatic heterocycles. The van der Waals surface area contributed by atoms with Crippen molar-refractivity contribution < 1.29 is 23.6 Å². The van der Waals surface area contributed by atoms with E-state index in [1.807, 2.05) is 0 Å². The van der Waals surface area contributed by atoms with E-state index in [1.54, 1.807) is 35.2 Å². The van der Waals surface area contributed by atoms with Gasteiger partial charge in [-0.2, -0.15) is 0 Å². The predicted molar refractivity (Wildman–Crippen MR) is 112 cm³/mol. The summed E-state index contributed by atoms with van der Waals surface area (Å²) < 4.78 is 20.3. The lowest BCUT2D eigenvalue weighted by Crippen LogP contribution is -2.31. The Balaban J connectivity index is 1.40. The Kier molecular flexibility index (Phi) is 6.21. The lowest BCUT2D eigenvalue weighted by atomic mass is 10.1. The molecule has 4 rings (SSSR count). The summed E-state index contributed by atoms with van der Waals surface area (Å²) in [5, 5.41) is 2.76. The third kappa shape index (κ3) is 4.75. The van der Waals surface area contributed by atoms with E-state index in [-0.39, 0.29) is 25.0 Å². The van der Waals surface area contributed by atoms with Crippen molar-refractivity contribution in [2.45, 2.75) is 12.5 Å². The Morgan fingerprint density at radius 2 is 2.23 bits per heavy atom. The Morgan fingerprint density at radius 1 is 1.37 bits per heavy atom. The molecule has 1 saturated heterocycles. The van der Waals surface area contributed by atoms with Gasteiger partial charge >= 0.3 is 5.97 Å². The fourth-order valence-electron chi connectivity index (χ4n) is 3.22. The summed E-state index contributed by atoms with van der Waals surface area (Å²) in [5.74, 6) is -1.01. The van der Waals surface area contributed by atoms with Crippen LogP contribution in [0.4, 0.5) is 10.1 Å². The van der Waals surface area contributed by atoms with Crippen LogP contribution in [0.3, 0.4) is 0 Å². The summed E-state index contributed by atoms with van der Waals surface area (Å²) in [6.07, 6.45) is 1.96. The van der Waals surface area contributed by atoms with E-state index in [9.17, 15) is 14.0 Å². The molecule has 0 saturated carbocycles. The Hall–Kier alpha value is -2.62. The molecule has 1 aromatic carbocycles. The third-order valence-corrected chi connectivity index (χ3v) is 5.93. The Labute approximate surface area is 181 Å². The molecule has 158 valence electrons. The smallest absolute Gasteiger partial charge is 0.325 e. The quantitative estimate of drug-likeness (QED) is 0.680. The van der Waals surface area contributed by atoms with E-state index in [0.717, 1.165) is 0 Å². The lowest BCUT2D eigenvalue weighted by molar-refractivity contribution is -0.141. The highest BCUT2D eigenvalue weighted by Crippen LogP contribution is 2.26. The first-order valence-electron chi connectivity index (χ1n) is 9.37. The van der Waals surface area contributed by atoms with Crippen molar-refractivity contribution in [1.82, 2.24) is 10.8 Å². The molecular formula is C20H19ClFN3O4S. The van der Waals surface area contributed by atoms with Gasteiger partial charge in [-0.05, 0) is 42.8 Å². The maximum atomic E-state index is 14.8. The van der Waals surface area contributed by atoms with E-state index in [0.29, 0.717) is 45.7 Å². The van der Waals surface area contributed by atoms with E-state index in [1.165, 1.54) is 17.4 Å². The number of ether oxygens (including phenoxy) is 1. The van der Waals surface area contributed by atoms with E-state index < -0.39 is 11.9 Å². The van der Waals surface area contributed by atoms with Crippen LogP contribution in [0.25, 0.3) is 5.70 Å². The molecular weight excluding hydrogens is 433 g/mol. The first kappa shape index (κ1) is 20.6. The molecule has 0 bridgehead atoms. The topological polar surface area (TPSA) is 79.9 Å². The normalized spacial score (nSPS) is 19.0. The van der Waals surface area contributed by atoms with Gasteiger partial charge in [-0.25, -0.2) is 4.39 Å². The van der Waals surface area contributed by atoms with Crippen LogP contribution >= 0.6 is 22.9 Å². The maximum Gasteiger partial charge on any atom is 0.325 e. The summed E-state index contributed by atoms with van der Waals surface area (Å²) in [6, 6.07) is 8.10. The van der Waals surface area contributed by atoms with Gasteiger partial charge in [-0.1, -0.05) is 11.6 Å². The highest BCUT2D eigenvalue weighted by Gasteiger charge is 2.22. The van der Waals surface area contributed by atoms with E-state index in [4.69, 9.17) is 21.2 Å². The summed E-state index contributed by atoms with van der Waals surface area (Å²) in [4.78, 5) is 31.5. The van der Waals surface area contributed by atoms with Crippen molar-refractivity contribution in [3.05, 3.63) is 57.0 Å². The summed E-state index contributed by atoms with van der Waals surface area (Å²) in [5.41, 5.74) is 4.15. The van der Waals surface area contributed by atoms with E-state index in [2.05, 4.69) is 10.8 Å². The van der Waals surface area contributed by atoms with Gasteiger partial charge in [0.2, 0.25) is 0 Å². The molecule has 3 heterocycles. The zero-order valence-electron chi connectivity index (χ0n) is 15.8. The minimum absolute atomic E-state index is 0.0973. The molecule has 0 aliphatic carbocycles. The van der Waals surface area contributed by atoms with Gasteiger partial charge in [0, 0.05) is 17.8 Å². The summed E-state index contributed by atoms with van der Waals surface area (Å²) in [7, 11) is 0. The number of benzene rings is 1. The number of hydrogen-bond donors (Lipinski definition) is 2. The Bertz CT molecular complexity index is 996. The molecule has 2 N–H and O–H groups in total. The molecule has 30 heavy (non-hydrogen) atoms. The number of hydroxylamine groups is 1. The number of amides is 1. The molecule has 10 heteroatoms. The van der Waals surface area contributed by atoms with Crippen molar-refractivity contribution in [3.8, 4) is 0 Å². The van der Waals surface area contributed by atoms with Crippen LogP contribution in [0, 0.1) is 5.82 Å². The van der Waals surface area contributed by atoms with Gasteiger partial charge in [0.05, 0.1) is 28.1 Å². The first-order chi connectivity index (χ1) is 14.5. The molecule has 2 aromatic rings. The van der Waals surface area contributed by atoms with Crippen LogP contribution in [0.2, 0.25) is 4.34 Å². The van der Waals surface area contributed by atoms with Crippen molar-refractivity contribution in [2.24, 2.45) is 0 Å². The molecule has 0 radical (unpaired) electrons. The molecule has 2 aliphatic rings. The molecule has 1 amide bonds. The number of carbonyl (C=O) groups is 2. The molecule has 7 nitrogen and oxygen atoms in total. The van der Waals surface area contributed by atoms with Gasteiger partial charge in [-0.15, -0.1) is 11.3 Å². The van der Waals surface area contributed by atoms with Crippen molar-refractivity contribution in [3.63, 3.8) is 0 Å². The molecule has 1 fully saturated rings. The third-order valence-electron chi connectivity index (χ3n) is 4.70. The van der Waals surface area contributed by atoms with Gasteiger partial charge < -0.3 is 15.0 Å². The van der Waals surface area contributed by atoms with E-state index >= 15 is 0 Å². The minimum atomic E-state index is -0.446. The van der Waals surface area contributed by atoms with Crippen molar-refractivity contribution in [2.75, 3.05) is 31.1 Å². The van der Waals surface area contributed by atoms with Crippen LogP contribution in [-0.2, 0) is 14.4 Å². The second-order valence-electron chi connectivity index (χ2n) is 6.81. The van der Waals surface area contributed by atoms with Crippen LogP contribution in [-0.4, -0.2) is 44.2 Å². The number of rotatable bonds is 5. The molecule has 0 spiro atoms. The van der Waals surface area contributed by atoms with Crippen LogP contribution in [0.15, 0.2) is 36.4 Å². The molecule has 0 unspecified atom stereocenters. The average Bonchev–Trinajstić information content (AvgIpc) is 3.32. The van der Waals surface area contributed by atoms with Gasteiger partial charge in [0.1, 0.15) is 18.5 Å². The fraction of sp³-hybridized carbons (Fsp3) is 0.300. The number of nitrogens with zero attached hydrogens (tertiary/aromatic N) is 1. The van der Waals surface area contributed by atoms with Gasteiger partial charge in [-0.3, -0.25) is 19.9 Å². The second kappa shape index (κ2) is 9.03. The number of esters is 1. The minimum Gasteiger partial charge on any atom is -0.464 e. The zero-order valence-corrected chi connectivity index (χ0v) is 17.4. The molecule has 1 atom stereocenters. The molecule has 1 aromatic heterocycles. The van der Waals surface area contributed by atoms with Crippen LogP contribution < -0.4 is 15.7 Å². The number of hydrogen-bond acceptors (Lipinski definition) is 7. The predicted octanol–water partition coefficient (Wildman–Crippen LogP) is 2.97. The number of thiophene rings is 1. The number of halogens is 2. The highest BCUT2D eigenvalue weighted by atomic mass is 35.5. The lowest BCUT2D eigenvalue weighted by Gasteiger charge is -2.21. The van der Waals surface area contributed by atoms with Crippen LogP contribution in [0.1, 0.15) is 21.7 Å². The SMILES string of the molecule is O=C1CN(c2ccc(C3=C[C@@H](CNC(=O)c4ccc(Cl)s4)ON3)c(F)c2)CCCO1. The Morgan fingerprint density at radius 3 is 3.00 bits per heavy atom. The standard InChI is InChI=1S/C20H19ClFN3O4S/c21-18-5-4-17(30-18)20(27)23-10-13-9-16(24-29-13)14-3-2-12(8-15(14)22)25-6-1-7-28-19(26)11-25/h2-5,8-9,13,24H,1,6-7,10-11H2,(H,23,27)/t13-/m0/s1. The zero-order chi connectivity index (χ0) is 21.1. The summed E-state index contributed by atoms with van der Waals surface area (Å²) in [6.45, 7) is 1.31. The second-order valence-corrected chi connectivity index (χ2v) is 8.53. The summed E-state index contributed by atoms with van der Waals surface area (Å²) >= 11 is 7.03. The van der Waals surface area contributed by atoms with Crippen LogP contribution in [0.5, 0.6) is 0 Å². The number of nitrogens with one attached hydrogen (secondary N) is 2. The maximum absolute atomic E-state index is 14.8. The van der Waals surface area contributed by atoms with Crippen molar-refractivity contribution >= 4 is 46.2 Å². The fourth-order valence-corrected chi connectivity index (χ4v) is 4.18. The number of carbonyl (C=O) groups excluding carboxylic acids is 2. The number of anilines is 1. The van der Waals surface area contributed by atoms with Gasteiger partial charge in [0.15, 0.2) is 0 Å². The highest BCUT2D eigenvalue weighted by molar-refractivity contribution is 7.17. The monoisotopic (exact) mass is 451 g/mol. The van der Waals surface area contributed by atoms with Gasteiger partial charge in [0.25, 0.3) is 5.91 Å².